The molecule has 0 heterocycles. The van der Waals surface area contributed by atoms with Gasteiger partial charge in [-0.15, -0.1) is 0 Å². The summed E-state index contributed by atoms with van der Waals surface area (Å²) in [5.41, 5.74) is 4.87. The summed E-state index contributed by atoms with van der Waals surface area (Å²) in [7, 11) is 12.0. The predicted molar refractivity (Wildman–Crippen MR) is 161 cm³/mol. The molecular weight excluding hydrogens is 482 g/mol. The highest BCUT2D eigenvalue weighted by Crippen LogP contribution is 2.31. The third-order valence-corrected chi connectivity index (χ3v) is 8.05. The van der Waals surface area contributed by atoms with E-state index in [2.05, 4.69) is 79.3 Å². The van der Waals surface area contributed by atoms with Crippen molar-refractivity contribution in [3.05, 3.63) is 107 Å². The fraction of sp³-hybridized carbons (Fsp3) is 0.412. The Bertz CT molecular complexity index is 1190. The summed E-state index contributed by atoms with van der Waals surface area (Å²) in [5, 5.41) is 0. The molecule has 0 N–H and O–H groups in total. The molecule has 0 saturated heterocycles. The third kappa shape index (κ3) is 7.30. The number of benzene rings is 3. The van der Waals surface area contributed by atoms with Crippen LogP contribution in [0.3, 0.4) is 0 Å². The van der Waals surface area contributed by atoms with Crippen molar-refractivity contribution in [1.29, 1.82) is 0 Å². The quantitative estimate of drug-likeness (QED) is 0.204. The highest BCUT2D eigenvalue weighted by Gasteiger charge is 2.39. The van der Waals surface area contributed by atoms with Crippen LogP contribution in [0.2, 0.25) is 0 Å². The van der Waals surface area contributed by atoms with Gasteiger partial charge in [0, 0.05) is 5.56 Å². The maximum absolute atomic E-state index is 14.0. The van der Waals surface area contributed by atoms with Crippen molar-refractivity contribution in [1.82, 2.24) is 14.7 Å². The fourth-order valence-electron chi connectivity index (χ4n) is 5.48. The second-order valence-corrected chi connectivity index (χ2v) is 11.2. The first-order chi connectivity index (χ1) is 18.6. The minimum Gasteiger partial charge on any atom is -0.302 e. The van der Waals surface area contributed by atoms with E-state index in [1.165, 1.54) is 11.1 Å². The van der Waals surface area contributed by atoms with Crippen molar-refractivity contribution >= 4 is 12.1 Å². The number of carbonyl (C=O) groups excluding carboxylic acids is 2. The fourth-order valence-corrected chi connectivity index (χ4v) is 5.48. The summed E-state index contributed by atoms with van der Waals surface area (Å²) in [6, 6.07) is 27.1. The van der Waals surface area contributed by atoms with Crippen LogP contribution in [0.4, 0.5) is 0 Å². The Labute approximate surface area is 235 Å². The van der Waals surface area contributed by atoms with Gasteiger partial charge in [-0.05, 0) is 90.2 Å². The molecule has 3 aromatic carbocycles. The van der Waals surface area contributed by atoms with Gasteiger partial charge < -0.3 is 4.79 Å². The molecule has 0 aliphatic heterocycles. The molecule has 0 aliphatic carbocycles. The maximum atomic E-state index is 14.0. The molecule has 208 valence electrons. The van der Waals surface area contributed by atoms with Crippen molar-refractivity contribution in [2.45, 2.75) is 50.2 Å². The highest BCUT2D eigenvalue weighted by molar-refractivity contribution is 6.03. The van der Waals surface area contributed by atoms with Crippen molar-refractivity contribution in [3.8, 4) is 0 Å². The van der Waals surface area contributed by atoms with E-state index in [9.17, 15) is 9.59 Å². The second-order valence-electron chi connectivity index (χ2n) is 11.2. The van der Waals surface area contributed by atoms with Gasteiger partial charge in [0.15, 0.2) is 5.78 Å². The van der Waals surface area contributed by atoms with Crippen LogP contribution in [0, 0.1) is 0 Å². The van der Waals surface area contributed by atoms with Crippen LogP contribution in [-0.2, 0) is 17.6 Å². The number of nitrogens with zero attached hydrogens (tertiary/aromatic N) is 3. The molecule has 5 nitrogen and oxygen atoms in total. The molecule has 3 atom stereocenters. The number of Topliss-reactive ketones (excluding diaryl/α,β-unsaturated/α-hetero) is 1. The van der Waals surface area contributed by atoms with E-state index < -0.39 is 5.54 Å². The van der Waals surface area contributed by atoms with Crippen LogP contribution in [0.25, 0.3) is 0 Å². The number of ketones is 1. The number of aryl methyl sites for hydroxylation is 1. The molecule has 0 radical (unpaired) electrons. The Morgan fingerprint density at radius 2 is 1.33 bits per heavy atom. The van der Waals surface area contributed by atoms with Gasteiger partial charge in [-0.1, -0.05) is 85.8 Å². The van der Waals surface area contributed by atoms with Crippen LogP contribution < -0.4 is 0 Å². The average molecular weight is 528 g/mol. The second kappa shape index (κ2) is 13.8. The Morgan fingerprint density at radius 3 is 1.79 bits per heavy atom. The molecule has 0 bridgehead atoms. The smallest absolute Gasteiger partial charge is 0.183 e. The molecule has 3 unspecified atom stereocenters. The SMILES string of the molecule is CCC(Cc1ccccc1)(C(=O)c1ccc(C(c2ccc(CCC(C=O)N(C)C)cc2)N(C)C)cc1)N(C)C. The number of carbonyl (C=O) groups is 2. The topological polar surface area (TPSA) is 43.9 Å². The summed E-state index contributed by atoms with van der Waals surface area (Å²) in [4.78, 5) is 31.5. The summed E-state index contributed by atoms with van der Waals surface area (Å²) in [6.07, 6.45) is 4.09. The van der Waals surface area contributed by atoms with Gasteiger partial charge in [0.1, 0.15) is 6.29 Å². The Hall–Kier alpha value is -3.12. The zero-order chi connectivity index (χ0) is 28.6. The first-order valence-electron chi connectivity index (χ1n) is 13.9. The molecule has 0 spiro atoms. The standard InChI is InChI=1S/C34H45N3O2/c1-8-34(37(6)7,24-27-12-10-9-11-13-27)33(39)30-21-19-29(20-22-30)32(36(4)5)28-17-14-26(15-18-28)16-23-31(25-38)35(2)3/h9-15,17-22,25,31-32H,8,16,23-24H2,1-7H3. The van der Waals surface area contributed by atoms with Crippen LogP contribution >= 0.6 is 0 Å². The van der Waals surface area contributed by atoms with E-state index in [0.717, 1.165) is 42.2 Å². The van der Waals surface area contributed by atoms with Gasteiger partial charge in [0.05, 0.1) is 17.6 Å². The zero-order valence-corrected chi connectivity index (χ0v) is 24.7. The molecule has 39 heavy (non-hydrogen) atoms. The number of hydrogen-bond acceptors (Lipinski definition) is 5. The summed E-state index contributed by atoms with van der Waals surface area (Å²) < 4.78 is 0. The predicted octanol–water partition coefficient (Wildman–Crippen LogP) is 5.54. The van der Waals surface area contributed by atoms with E-state index in [0.29, 0.717) is 6.42 Å². The monoisotopic (exact) mass is 527 g/mol. The molecule has 5 heteroatoms. The van der Waals surface area contributed by atoms with Gasteiger partial charge in [-0.2, -0.15) is 0 Å². The lowest BCUT2D eigenvalue weighted by Gasteiger charge is -2.38. The van der Waals surface area contributed by atoms with Crippen molar-refractivity contribution < 1.29 is 9.59 Å². The Kier molecular flexibility index (Phi) is 10.8. The molecule has 3 aromatic rings. The average Bonchev–Trinajstić information content (AvgIpc) is 2.93. The minimum absolute atomic E-state index is 0.0629. The van der Waals surface area contributed by atoms with Gasteiger partial charge in [-0.3, -0.25) is 19.5 Å². The minimum atomic E-state index is -0.602. The summed E-state index contributed by atoms with van der Waals surface area (Å²) >= 11 is 0. The lowest BCUT2D eigenvalue weighted by atomic mass is 9.80. The van der Waals surface area contributed by atoms with Crippen LogP contribution in [-0.4, -0.2) is 80.6 Å². The molecule has 3 rings (SSSR count). The molecule has 0 fully saturated rings. The molecule has 0 aliphatic rings. The largest absolute Gasteiger partial charge is 0.302 e. The van der Waals surface area contributed by atoms with Gasteiger partial charge in [0.2, 0.25) is 0 Å². The van der Waals surface area contributed by atoms with Crippen LogP contribution in [0.5, 0.6) is 0 Å². The van der Waals surface area contributed by atoms with Gasteiger partial charge >= 0.3 is 0 Å². The number of rotatable bonds is 14. The first-order valence-corrected chi connectivity index (χ1v) is 13.9. The van der Waals surface area contributed by atoms with Crippen molar-refractivity contribution in [2.24, 2.45) is 0 Å². The summed E-state index contributed by atoms with van der Waals surface area (Å²) in [6.45, 7) is 2.10. The van der Waals surface area contributed by atoms with Crippen LogP contribution in [0.1, 0.15) is 58.4 Å². The third-order valence-electron chi connectivity index (χ3n) is 8.05. The first kappa shape index (κ1) is 30.4. The Morgan fingerprint density at radius 1 is 0.769 bits per heavy atom. The van der Waals surface area contributed by atoms with Crippen molar-refractivity contribution in [3.63, 3.8) is 0 Å². The summed E-state index contributed by atoms with van der Waals surface area (Å²) in [5.74, 6) is 0.155. The van der Waals surface area contributed by atoms with E-state index in [1.807, 2.05) is 63.4 Å². The van der Waals surface area contributed by atoms with Gasteiger partial charge in [0.25, 0.3) is 0 Å². The van der Waals surface area contributed by atoms with Crippen LogP contribution in [0.15, 0.2) is 78.9 Å². The molecule has 0 amide bonds. The maximum Gasteiger partial charge on any atom is 0.183 e. The molecular formula is C34H45N3O2. The lowest BCUT2D eigenvalue weighted by Crippen LogP contribution is -2.52. The van der Waals surface area contributed by atoms with Gasteiger partial charge in [-0.25, -0.2) is 0 Å². The van der Waals surface area contributed by atoms with E-state index in [4.69, 9.17) is 0 Å². The number of likely N-dealkylation sites (N-methyl/N-ethyl adjacent to an activating group) is 2. The number of aldehydes is 1. The zero-order valence-electron chi connectivity index (χ0n) is 24.7. The molecule has 0 aromatic heterocycles. The van der Waals surface area contributed by atoms with E-state index in [1.54, 1.807) is 0 Å². The Balaban J connectivity index is 1.82. The number of hydrogen-bond donors (Lipinski definition) is 0. The lowest BCUT2D eigenvalue weighted by molar-refractivity contribution is -0.111. The van der Waals surface area contributed by atoms with Crippen molar-refractivity contribution in [2.75, 3.05) is 42.3 Å². The normalized spacial score (nSPS) is 14.8. The highest BCUT2D eigenvalue weighted by atomic mass is 16.1. The van der Waals surface area contributed by atoms with E-state index in [-0.39, 0.29) is 17.9 Å². The molecule has 0 saturated carbocycles. The van der Waals surface area contributed by atoms with E-state index >= 15 is 0 Å².